The molecule has 0 saturated carbocycles. The number of aryl methyl sites for hydroxylation is 1. The summed E-state index contributed by atoms with van der Waals surface area (Å²) in [6.07, 6.45) is 1.63. The Balaban J connectivity index is 1.61. The Morgan fingerprint density at radius 3 is 2.73 bits per heavy atom. The van der Waals surface area contributed by atoms with Gasteiger partial charge in [0.25, 0.3) is 0 Å². The van der Waals surface area contributed by atoms with E-state index < -0.39 is 0 Å². The van der Waals surface area contributed by atoms with E-state index >= 15 is 0 Å². The van der Waals surface area contributed by atoms with Crippen molar-refractivity contribution < 1.29 is 9.18 Å². The van der Waals surface area contributed by atoms with Gasteiger partial charge in [0.15, 0.2) is 5.16 Å². The Morgan fingerprint density at radius 1 is 1.23 bits per heavy atom. The van der Waals surface area contributed by atoms with Crippen LogP contribution in [0.5, 0.6) is 0 Å². The molecule has 1 amide bonds. The largest absolute Gasteiger partial charge is 0.341 e. The number of thioether (sulfide) groups is 1. The third-order valence-electron chi connectivity index (χ3n) is 3.89. The van der Waals surface area contributed by atoms with E-state index in [1.807, 2.05) is 35.8 Å². The Kier molecular flexibility index (Phi) is 5.68. The van der Waals surface area contributed by atoms with Gasteiger partial charge in [0.1, 0.15) is 12.1 Å². The van der Waals surface area contributed by atoms with Crippen LogP contribution in [0.15, 0.2) is 60.0 Å². The van der Waals surface area contributed by atoms with Gasteiger partial charge in [0.2, 0.25) is 5.91 Å². The lowest BCUT2D eigenvalue weighted by molar-refractivity contribution is -0.127. The topological polar surface area (TPSA) is 51.0 Å². The van der Waals surface area contributed by atoms with Gasteiger partial charge in [-0.05, 0) is 36.8 Å². The van der Waals surface area contributed by atoms with E-state index in [9.17, 15) is 9.18 Å². The second-order valence-electron chi connectivity index (χ2n) is 5.99. The van der Waals surface area contributed by atoms with Gasteiger partial charge in [-0.1, -0.05) is 41.6 Å². The van der Waals surface area contributed by atoms with Gasteiger partial charge in [-0.15, -0.1) is 10.2 Å². The first-order chi connectivity index (χ1) is 12.5. The van der Waals surface area contributed by atoms with Gasteiger partial charge >= 0.3 is 0 Å². The van der Waals surface area contributed by atoms with Crippen molar-refractivity contribution in [2.75, 3.05) is 12.8 Å². The molecule has 0 aliphatic rings. The van der Waals surface area contributed by atoms with Crippen molar-refractivity contribution in [2.24, 2.45) is 0 Å². The van der Waals surface area contributed by atoms with Crippen LogP contribution in [0.25, 0.3) is 5.69 Å². The molecule has 1 aromatic heterocycles. The van der Waals surface area contributed by atoms with Crippen molar-refractivity contribution in [1.82, 2.24) is 19.7 Å². The molecule has 0 saturated heterocycles. The molecular weight excluding hydrogens is 351 g/mol. The average Bonchev–Trinajstić information content (AvgIpc) is 3.09. The quantitative estimate of drug-likeness (QED) is 0.624. The molecule has 0 aliphatic carbocycles. The van der Waals surface area contributed by atoms with Crippen LogP contribution in [0, 0.1) is 12.7 Å². The number of halogens is 1. The predicted molar refractivity (Wildman–Crippen MR) is 99.7 cm³/mol. The van der Waals surface area contributed by atoms with Crippen LogP contribution in [0.3, 0.4) is 0 Å². The molecule has 0 atom stereocenters. The number of benzene rings is 2. The van der Waals surface area contributed by atoms with Crippen LogP contribution < -0.4 is 0 Å². The van der Waals surface area contributed by atoms with E-state index in [1.165, 1.54) is 29.5 Å². The molecule has 3 rings (SSSR count). The highest BCUT2D eigenvalue weighted by Gasteiger charge is 2.14. The minimum atomic E-state index is -0.302. The van der Waals surface area contributed by atoms with E-state index in [2.05, 4.69) is 10.2 Å². The maximum Gasteiger partial charge on any atom is 0.233 e. The molecule has 0 bridgehead atoms. The van der Waals surface area contributed by atoms with Gasteiger partial charge < -0.3 is 4.90 Å². The highest BCUT2D eigenvalue weighted by atomic mass is 32.2. The van der Waals surface area contributed by atoms with Crippen molar-refractivity contribution in [3.63, 3.8) is 0 Å². The van der Waals surface area contributed by atoms with Crippen LogP contribution in [0.1, 0.15) is 11.1 Å². The highest BCUT2D eigenvalue weighted by molar-refractivity contribution is 7.99. The zero-order valence-corrected chi connectivity index (χ0v) is 15.4. The van der Waals surface area contributed by atoms with Crippen LogP contribution in [-0.4, -0.2) is 38.4 Å². The zero-order valence-electron chi connectivity index (χ0n) is 14.6. The van der Waals surface area contributed by atoms with Crippen molar-refractivity contribution in [3.05, 3.63) is 71.8 Å². The van der Waals surface area contributed by atoms with Gasteiger partial charge in [-0.25, -0.2) is 4.39 Å². The normalized spacial score (nSPS) is 10.7. The summed E-state index contributed by atoms with van der Waals surface area (Å²) in [5.41, 5.74) is 2.88. The van der Waals surface area contributed by atoms with Gasteiger partial charge in [0, 0.05) is 19.3 Å². The molecular formula is C19H19FN4OS. The minimum absolute atomic E-state index is 0.0577. The molecule has 3 aromatic rings. The average molecular weight is 370 g/mol. The number of nitrogens with zero attached hydrogens (tertiary/aromatic N) is 4. The summed E-state index contributed by atoms with van der Waals surface area (Å²) in [7, 11) is 1.71. The number of carbonyl (C=O) groups excluding carboxylic acids is 1. The molecule has 1 heterocycles. The smallest absolute Gasteiger partial charge is 0.233 e. The maximum absolute atomic E-state index is 13.3. The maximum atomic E-state index is 13.3. The summed E-state index contributed by atoms with van der Waals surface area (Å²) in [5, 5.41) is 8.70. The standard InChI is InChI=1S/C19H19FN4OS/c1-14-6-8-17(9-7-14)24-13-21-22-19(24)26-12-18(25)23(2)11-15-4-3-5-16(20)10-15/h3-10,13H,11-12H2,1-2H3. The third kappa shape index (κ3) is 4.49. The van der Waals surface area contributed by atoms with Crippen LogP contribution in [0.4, 0.5) is 4.39 Å². The Morgan fingerprint density at radius 2 is 2.00 bits per heavy atom. The van der Waals surface area contributed by atoms with Crippen molar-refractivity contribution in [1.29, 1.82) is 0 Å². The Bertz CT molecular complexity index is 895. The van der Waals surface area contributed by atoms with E-state index in [0.717, 1.165) is 11.3 Å². The fraction of sp³-hybridized carbons (Fsp3) is 0.211. The van der Waals surface area contributed by atoms with E-state index in [1.54, 1.807) is 30.4 Å². The fourth-order valence-corrected chi connectivity index (χ4v) is 3.31. The molecule has 0 fully saturated rings. The van der Waals surface area contributed by atoms with Crippen molar-refractivity contribution in [3.8, 4) is 5.69 Å². The van der Waals surface area contributed by atoms with Crippen LogP contribution >= 0.6 is 11.8 Å². The molecule has 0 radical (unpaired) electrons. The lowest BCUT2D eigenvalue weighted by Gasteiger charge is -2.17. The third-order valence-corrected chi connectivity index (χ3v) is 4.82. The molecule has 0 unspecified atom stereocenters. The van der Waals surface area contributed by atoms with Gasteiger partial charge in [0.05, 0.1) is 5.75 Å². The number of aromatic nitrogens is 3. The fourth-order valence-electron chi connectivity index (χ4n) is 2.44. The number of rotatable bonds is 6. The van der Waals surface area contributed by atoms with E-state index in [0.29, 0.717) is 11.7 Å². The molecule has 0 N–H and O–H groups in total. The number of carbonyl (C=O) groups is 1. The Hall–Kier alpha value is -2.67. The summed E-state index contributed by atoms with van der Waals surface area (Å²) in [6.45, 7) is 2.39. The highest BCUT2D eigenvalue weighted by Crippen LogP contribution is 2.20. The predicted octanol–water partition coefficient (Wildman–Crippen LogP) is 3.47. The van der Waals surface area contributed by atoms with Crippen molar-refractivity contribution >= 4 is 17.7 Å². The first kappa shape index (κ1) is 18.1. The molecule has 7 heteroatoms. The van der Waals surface area contributed by atoms with E-state index in [4.69, 9.17) is 0 Å². The minimum Gasteiger partial charge on any atom is -0.341 e. The van der Waals surface area contributed by atoms with Crippen molar-refractivity contribution in [2.45, 2.75) is 18.6 Å². The number of hydrogen-bond donors (Lipinski definition) is 0. The molecule has 0 spiro atoms. The summed E-state index contributed by atoms with van der Waals surface area (Å²) < 4.78 is 15.1. The van der Waals surface area contributed by atoms with Gasteiger partial charge in [-0.3, -0.25) is 9.36 Å². The number of amides is 1. The molecule has 2 aromatic carbocycles. The molecule has 0 aliphatic heterocycles. The first-order valence-electron chi connectivity index (χ1n) is 8.11. The molecule has 26 heavy (non-hydrogen) atoms. The summed E-state index contributed by atoms with van der Waals surface area (Å²) in [4.78, 5) is 14.0. The van der Waals surface area contributed by atoms with Crippen LogP contribution in [0.2, 0.25) is 0 Å². The first-order valence-corrected chi connectivity index (χ1v) is 9.10. The molecule has 134 valence electrons. The second-order valence-corrected chi connectivity index (χ2v) is 6.93. The second kappa shape index (κ2) is 8.14. The number of hydrogen-bond acceptors (Lipinski definition) is 4. The lowest BCUT2D eigenvalue weighted by Crippen LogP contribution is -2.27. The summed E-state index contributed by atoms with van der Waals surface area (Å²) in [6, 6.07) is 14.3. The van der Waals surface area contributed by atoms with E-state index in [-0.39, 0.29) is 17.5 Å². The Labute approximate surface area is 155 Å². The van der Waals surface area contributed by atoms with Crippen LogP contribution in [-0.2, 0) is 11.3 Å². The summed E-state index contributed by atoms with van der Waals surface area (Å²) >= 11 is 1.33. The SMILES string of the molecule is Cc1ccc(-n2cnnc2SCC(=O)N(C)Cc2cccc(F)c2)cc1. The monoisotopic (exact) mass is 370 g/mol. The van der Waals surface area contributed by atoms with Gasteiger partial charge in [-0.2, -0.15) is 0 Å². The summed E-state index contributed by atoms with van der Waals surface area (Å²) in [5.74, 6) is -0.127. The lowest BCUT2D eigenvalue weighted by atomic mass is 10.2. The molecule has 5 nitrogen and oxygen atoms in total. The zero-order chi connectivity index (χ0) is 18.5.